The number of amides is 1. The van der Waals surface area contributed by atoms with Crippen molar-refractivity contribution in [2.75, 3.05) is 4.90 Å². The van der Waals surface area contributed by atoms with Crippen LogP contribution in [0.5, 0.6) is 0 Å². The smallest absolute Gasteiger partial charge is 0.369 e. The Morgan fingerprint density at radius 3 is 1.96 bits per heavy atom. The maximum Gasteiger partial charge on any atom is 0.417 e. The largest absolute Gasteiger partial charge is 0.417 e. The van der Waals surface area contributed by atoms with E-state index in [1.54, 1.807) is 54.6 Å². The Balaban J connectivity index is 1.26. The lowest BCUT2D eigenvalue weighted by atomic mass is 9.95. The summed E-state index contributed by atoms with van der Waals surface area (Å²) >= 11 is 0. The number of hydrogen-bond acceptors (Lipinski definition) is 2. The molecule has 0 saturated heterocycles. The van der Waals surface area contributed by atoms with Gasteiger partial charge in [-0.1, -0.05) is 84.9 Å². The van der Waals surface area contributed by atoms with Gasteiger partial charge in [-0.05, 0) is 70.8 Å². The molecule has 10 heteroatoms. The van der Waals surface area contributed by atoms with Gasteiger partial charge in [0.15, 0.2) is 6.23 Å². The van der Waals surface area contributed by atoms with E-state index in [1.165, 1.54) is 17.0 Å². The first kappa shape index (κ1) is 31.4. The molecule has 1 amide bonds. The molecule has 50 heavy (non-hydrogen) atoms. The summed E-state index contributed by atoms with van der Waals surface area (Å²) in [5.41, 5.74) is 1.65. The fourth-order valence-electron chi connectivity index (χ4n) is 6.87. The van der Waals surface area contributed by atoms with Crippen molar-refractivity contribution in [1.29, 1.82) is 0 Å². The molecule has 7 aromatic rings. The van der Waals surface area contributed by atoms with E-state index in [2.05, 4.69) is 0 Å². The molecule has 0 radical (unpaired) electrons. The maximum absolute atomic E-state index is 14.2. The second-order valence-electron chi connectivity index (χ2n) is 12.0. The minimum Gasteiger partial charge on any atom is -0.369 e. The van der Waals surface area contributed by atoms with E-state index >= 15 is 0 Å². The van der Waals surface area contributed by atoms with E-state index in [1.807, 2.05) is 53.1 Å². The number of aliphatic hydroxyl groups is 1. The first-order valence-electron chi connectivity index (χ1n) is 15.5. The number of aliphatic hydroxyl groups excluding tert-OH is 1. The summed E-state index contributed by atoms with van der Waals surface area (Å²) in [6, 6.07) is 35.5. The van der Waals surface area contributed by atoms with Gasteiger partial charge < -0.3 is 9.67 Å². The molecule has 1 atom stereocenters. The maximum atomic E-state index is 14.2. The molecule has 2 heterocycles. The van der Waals surface area contributed by atoms with Crippen molar-refractivity contribution < 1.29 is 36.2 Å². The molecule has 4 nitrogen and oxygen atoms in total. The van der Waals surface area contributed by atoms with Crippen molar-refractivity contribution in [3.05, 3.63) is 156 Å². The number of carbonyl (C=O) groups excluding carboxylic acids is 1. The Morgan fingerprint density at radius 1 is 0.580 bits per heavy atom. The number of anilines is 1. The third-order valence-corrected chi connectivity index (χ3v) is 9.16. The van der Waals surface area contributed by atoms with E-state index in [0.717, 1.165) is 17.2 Å². The molecule has 1 aliphatic rings. The number of para-hydroxylation sites is 1. The molecular weight excluding hydrogens is 654 g/mol. The van der Waals surface area contributed by atoms with Crippen LogP contribution < -0.4 is 4.90 Å². The van der Waals surface area contributed by atoms with Crippen LogP contribution in [0.25, 0.3) is 49.7 Å². The second-order valence-corrected chi connectivity index (χ2v) is 12.0. The van der Waals surface area contributed by atoms with Gasteiger partial charge in [-0.15, -0.1) is 0 Å². The zero-order chi connectivity index (χ0) is 34.9. The average Bonchev–Trinajstić information content (AvgIpc) is 3.58. The zero-order valence-electron chi connectivity index (χ0n) is 25.8. The van der Waals surface area contributed by atoms with Crippen LogP contribution in [0.15, 0.2) is 133 Å². The Morgan fingerprint density at radius 2 is 1.24 bits per heavy atom. The number of fused-ring (bicyclic) bond motifs is 4. The van der Waals surface area contributed by atoms with Crippen molar-refractivity contribution >= 4 is 33.4 Å². The van der Waals surface area contributed by atoms with Gasteiger partial charge in [0.1, 0.15) is 0 Å². The molecule has 1 aliphatic heterocycles. The number of hydrogen-bond donors (Lipinski definition) is 1. The molecule has 8 rings (SSSR count). The van der Waals surface area contributed by atoms with Gasteiger partial charge in [0.25, 0.3) is 5.91 Å². The summed E-state index contributed by atoms with van der Waals surface area (Å²) < 4.78 is 84.3. The lowest BCUT2D eigenvalue weighted by molar-refractivity contribution is -0.142. The van der Waals surface area contributed by atoms with E-state index < -0.39 is 41.2 Å². The van der Waals surface area contributed by atoms with Gasteiger partial charge in [-0.25, -0.2) is 0 Å². The molecule has 1 aromatic heterocycles. The summed E-state index contributed by atoms with van der Waals surface area (Å²) in [6.45, 7) is 0. The number of aromatic nitrogens is 1. The highest BCUT2D eigenvalue weighted by Crippen LogP contribution is 2.45. The Bertz CT molecular complexity index is 2450. The standard InChI is InChI=1S/C40H24F6N2O2/c41-39(42,43)26-16-19-28(32(22-26)40(44,45)46)25-15-20-34-31(21-25)29-9-4-5-11-33(29)48(34)35-12-6-10-30-36(35)38(50)47(37(30)49)27-17-13-24(14-18-27)23-7-2-1-3-8-23/h1-22,37,49H. The fourth-order valence-corrected chi connectivity index (χ4v) is 6.87. The van der Waals surface area contributed by atoms with Crippen LogP contribution in [0, 0.1) is 0 Å². The normalized spacial score (nSPS) is 14.9. The van der Waals surface area contributed by atoms with Crippen LogP contribution in [0.3, 0.4) is 0 Å². The van der Waals surface area contributed by atoms with Crippen LogP contribution in [0.1, 0.15) is 33.3 Å². The first-order chi connectivity index (χ1) is 23.9. The van der Waals surface area contributed by atoms with Gasteiger partial charge in [0, 0.05) is 22.0 Å². The van der Waals surface area contributed by atoms with Crippen molar-refractivity contribution in [3.63, 3.8) is 0 Å². The molecule has 0 bridgehead atoms. The van der Waals surface area contributed by atoms with Crippen molar-refractivity contribution in [2.24, 2.45) is 0 Å². The van der Waals surface area contributed by atoms with Gasteiger partial charge >= 0.3 is 12.4 Å². The number of rotatable bonds is 4. The number of nitrogens with zero attached hydrogens (tertiary/aromatic N) is 2. The van der Waals surface area contributed by atoms with E-state index in [-0.39, 0.29) is 17.2 Å². The average molecular weight is 679 g/mol. The molecule has 6 aromatic carbocycles. The van der Waals surface area contributed by atoms with Crippen LogP contribution in [0.2, 0.25) is 0 Å². The third-order valence-electron chi connectivity index (χ3n) is 9.16. The van der Waals surface area contributed by atoms with Gasteiger partial charge in [-0.3, -0.25) is 9.69 Å². The van der Waals surface area contributed by atoms with Crippen LogP contribution in [-0.2, 0) is 12.4 Å². The lowest BCUT2D eigenvalue weighted by Crippen LogP contribution is -2.27. The molecule has 1 unspecified atom stereocenters. The predicted octanol–water partition coefficient (Wildman–Crippen LogP) is 10.8. The van der Waals surface area contributed by atoms with E-state index in [4.69, 9.17) is 0 Å². The molecule has 0 spiro atoms. The minimum absolute atomic E-state index is 0.0800. The lowest BCUT2D eigenvalue weighted by Gasteiger charge is -2.21. The van der Waals surface area contributed by atoms with E-state index in [9.17, 15) is 36.2 Å². The Labute approximate surface area is 281 Å². The number of carbonyl (C=O) groups is 1. The first-order valence-corrected chi connectivity index (χ1v) is 15.5. The number of benzene rings is 6. The molecule has 1 N–H and O–H groups in total. The van der Waals surface area contributed by atoms with Crippen molar-refractivity contribution in [2.45, 2.75) is 18.6 Å². The summed E-state index contributed by atoms with van der Waals surface area (Å²) in [4.78, 5) is 15.5. The van der Waals surface area contributed by atoms with E-state index in [0.29, 0.717) is 44.8 Å². The topological polar surface area (TPSA) is 45.5 Å². The number of halogens is 6. The second kappa shape index (κ2) is 11.3. The fraction of sp³-hybridized carbons (Fsp3) is 0.0750. The van der Waals surface area contributed by atoms with Crippen molar-refractivity contribution in [3.8, 4) is 27.9 Å². The summed E-state index contributed by atoms with van der Waals surface area (Å²) in [5.74, 6) is -0.433. The molecule has 248 valence electrons. The minimum atomic E-state index is -5.04. The highest BCUT2D eigenvalue weighted by Gasteiger charge is 2.40. The molecule has 0 fully saturated rings. The van der Waals surface area contributed by atoms with Gasteiger partial charge in [-0.2, -0.15) is 26.3 Å². The highest BCUT2D eigenvalue weighted by atomic mass is 19.4. The van der Waals surface area contributed by atoms with Crippen LogP contribution in [0.4, 0.5) is 32.0 Å². The number of alkyl halides is 6. The summed E-state index contributed by atoms with van der Waals surface area (Å²) in [7, 11) is 0. The van der Waals surface area contributed by atoms with Crippen molar-refractivity contribution in [1.82, 2.24) is 4.57 Å². The summed E-state index contributed by atoms with van der Waals surface area (Å²) in [5, 5.41) is 12.6. The van der Waals surface area contributed by atoms with Crippen LogP contribution >= 0.6 is 0 Å². The molecule has 0 saturated carbocycles. The Kier molecular flexibility index (Phi) is 7.13. The van der Waals surface area contributed by atoms with Gasteiger partial charge in [0.05, 0.1) is 33.4 Å². The highest BCUT2D eigenvalue weighted by molar-refractivity contribution is 6.16. The molecular formula is C40H24F6N2O2. The SMILES string of the molecule is O=C1c2c(cccc2-n2c3ccccc3c3cc(-c4ccc(C(F)(F)F)cc4C(F)(F)F)ccc32)C(O)N1c1ccc(-c2ccccc2)cc1. The van der Waals surface area contributed by atoms with Crippen LogP contribution in [-0.4, -0.2) is 15.6 Å². The zero-order valence-corrected chi connectivity index (χ0v) is 25.8. The Hall–Kier alpha value is -5.87. The van der Waals surface area contributed by atoms with Gasteiger partial charge in [0.2, 0.25) is 0 Å². The predicted molar refractivity (Wildman–Crippen MR) is 180 cm³/mol. The molecule has 0 aliphatic carbocycles. The monoisotopic (exact) mass is 678 g/mol. The summed E-state index contributed by atoms with van der Waals surface area (Å²) in [6.07, 6.45) is -11.3. The quantitative estimate of drug-likeness (QED) is 0.188. The third kappa shape index (κ3) is 5.02.